The van der Waals surface area contributed by atoms with E-state index in [2.05, 4.69) is 39.6 Å². The fraction of sp³-hybridized carbons (Fsp3) is 0.619. The van der Waals surface area contributed by atoms with E-state index in [-0.39, 0.29) is 12.0 Å². The zero-order valence-electron chi connectivity index (χ0n) is 17.4. The lowest BCUT2D eigenvalue weighted by molar-refractivity contribution is -0.121. The van der Waals surface area contributed by atoms with Gasteiger partial charge in [0.05, 0.1) is 7.11 Å². The second-order valence-electron chi connectivity index (χ2n) is 7.61. The highest BCUT2D eigenvalue weighted by molar-refractivity contribution is 5.80. The number of hydrogen-bond acceptors (Lipinski definition) is 4. The minimum atomic E-state index is 0.126. The largest absolute Gasteiger partial charge is 0.496 e. The molecule has 1 atom stereocenters. The van der Waals surface area contributed by atoms with Gasteiger partial charge >= 0.3 is 0 Å². The molecule has 7 nitrogen and oxygen atoms in total. The maximum atomic E-state index is 11.6. The average Bonchev–Trinajstić information content (AvgIpc) is 3.07. The fourth-order valence-electron chi connectivity index (χ4n) is 4.03. The van der Waals surface area contributed by atoms with Crippen molar-refractivity contribution in [2.75, 3.05) is 34.3 Å². The topological polar surface area (TPSA) is 75.2 Å². The molecule has 2 heterocycles. The van der Waals surface area contributed by atoms with Crippen LogP contribution >= 0.6 is 0 Å². The van der Waals surface area contributed by atoms with Gasteiger partial charge in [0.25, 0.3) is 0 Å². The molecular weight excluding hydrogens is 356 g/mol. The summed E-state index contributed by atoms with van der Waals surface area (Å²) in [5, 5.41) is 6.18. The molecule has 0 radical (unpaired) electrons. The van der Waals surface area contributed by atoms with Crippen LogP contribution in [0.1, 0.15) is 37.3 Å². The van der Waals surface area contributed by atoms with Gasteiger partial charge in [0.15, 0.2) is 5.96 Å². The van der Waals surface area contributed by atoms with Crippen molar-refractivity contribution in [1.29, 1.82) is 0 Å². The highest BCUT2D eigenvalue weighted by atomic mass is 16.5. The molecule has 0 aliphatic carbocycles. The summed E-state index contributed by atoms with van der Waals surface area (Å²) in [4.78, 5) is 18.3. The third-order valence-corrected chi connectivity index (χ3v) is 5.61. The Bertz CT molecular complexity index is 727. The van der Waals surface area contributed by atoms with E-state index < -0.39 is 0 Å². The van der Waals surface area contributed by atoms with Crippen LogP contribution < -0.4 is 20.1 Å². The van der Waals surface area contributed by atoms with Crippen LogP contribution in [0.2, 0.25) is 0 Å². The number of rotatable bonds is 5. The molecule has 1 fully saturated rings. The Labute approximate surface area is 167 Å². The van der Waals surface area contributed by atoms with Crippen molar-refractivity contribution in [1.82, 2.24) is 15.5 Å². The van der Waals surface area contributed by atoms with Crippen LogP contribution in [0.5, 0.6) is 11.5 Å². The summed E-state index contributed by atoms with van der Waals surface area (Å²) in [6.07, 6.45) is 3.75. The number of likely N-dealkylation sites (tertiary alicyclic amines) is 1. The predicted molar refractivity (Wildman–Crippen MR) is 110 cm³/mol. The van der Waals surface area contributed by atoms with Crippen LogP contribution in [0.15, 0.2) is 17.1 Å². The minimum Gasteiger partial charge on any atom is -0.496 e. The van der Waals surface area contributed by atoms with E-state index in [0.717, 1.165) is 55.4 Å². The number of hydrogen-bond donors (Lipinski definition) is 2. The van der Waals surface area contributed by atoms with Gasteiger partial charge in [0.2, 0.25) is 5.91 Å². The van der Waals surface area contributed by atoms with Crippen LogP contribution in [0.3, 0.4) is 0 Å². The van der Waals surface area contributed by atoms with Gasteiger partial charge < -0.3 is 25.0 Å². The summed E-state index contributed by atoms with van der Waals surface area (Å²) >= 11 is 0. The van der Waals surface area contributed by atoms with Crippen LogP contribution in [-0.4, -0.2) is 57.2 Å². The number of nitrogens with one attached hydrogen (secondary N) is 2. The van der Waals surface area contributed by atoms with E-state index in [9.17, 15) is 4.79 Å². The molecule has 28 heavy (non-hydrogen) atoms. The first-order valence-corrected chi connectivity index (χ1v) is 10.1. The molecule has 1 aromatic rings. The Morgan fingerprint density at radius 1 is 1.36 bits per heavy atom. The normalized spacial score (nSPS) is 19.8. The van der Waals surface area contributed by atoms with E-state index in [0.29, 0.717) is 18.9 Å². The number of amides is 1. The van der Waals surface area contributed by atoms with Crippen molar-refractivity contribution >= 4 is 11.9 Å². The average molecular weight is 389 g/mol. The van der Waals surface area contributed by atoms with Crippen molar-refractivity contribution in [3.8, 4) is 11.5 Å². The number of carbonyl (C=O) groups is 1. The summed E-state index contributed by atoms with van der Waals surface area (Å²) in [5.74, 6) is 3.29. The van der Waals surface area contributed by atoms with Gasteiger partial charge in [-0.2, -0.15) is 0 Å². The number of ether oxygens (including phenoxy) is 2. The molecule has 0 bridgehead atoms. The van der Waals surface area contributed by atoms with Gasteiger partial charge in [0, 0.05) is 57.7 Å². The third kappa shape index (κ3) is 4.69. The van der Waals surface area contributed by atoms with Crippen molar-refractivity contribution in [3.63, 3.8) is 0 Å². The predicted octanol–water partition coefficient (Wildman–Crippen LogP) is 1.94. The number of carbonyl (C=O) groups excluding carboxylic acids is 1. The third-order valence-electron chi connectivity index (χ3n) is 5.61. The minimum absolute atomic E-state index is 0.126. The van der Waals surface area contributed by atoms with E-state index >= 15 is 0 Å². The van der Waals surface area contributed by atoms with E-state index in [4.69, 9.17) is 9.47 Å². The summed E-state index contributed by atoms with van der Waals surface area (Å²) in [6, 6.07) is 4.16. The van der Waals surface area contributed by atoms with Crippen LogP contribution in [0, 0.1) is 5.92 Å². The molecule has 1 unspecified atom stereocenters. The van der Waals surface area contributed by atoms with Crippen LogP contribution in [-0.2, 0) is 17.8 Å². The fourth-order valence-corrected chi connectivity index (χ4v) is 4.03. The first-order chi connectivity index (χ1) is 13.5. The van der Waals surface area contributed by atoms with E-state index in [1.807, 2.05) is 7.05 Å². The number of methoxy groups -OCH3 is 1. The lowest BCUT2D eigenvalue weighted by Crippen LogP contribution is -2.45. The Kier molecular flexibility index (Phi) is 6.65. The summed E-state index contributed by atoms with van der Waals surface area (Å²) in [7, 11) is 5.21. The maximum Gasteiger partial charge on any atom is 0.220 e. The molecule has 0 aromatic heterocycles. The number of guanidine groups is 1. The molecule has 7 heteroatoms. The quantitative estimate of drug-likeness (QED) is 0.596. The molecule has 1 saturated heterocycles. The molecule has 2 aliphatic heterocycles. The first kappa shape index (κ1) is 20.3. The molecule has 1 aromatic carbocycles. The van der Waals surface area contributed by atoms with Gasteiger partial charge in [-0.25, -0.2) is 0 Å². The second-order valence-corrected chi connectivity index (χ2v) is 7.61. The number of nitrogens with zero attached hydrogens (tertiary/aromatic N) is 2. The number of aliphatic imine (C=N–C) groups is 1. The molecule has 154 valence electrons. The lowest BCUT2D eigenvalue weighted by Gasteiger charge is -2.34. The van der Waals surface area contributed by atoms with Crippen molar-refractivity contribution in [2.45, 2.75) is 45.3 Å². The number of benzene rings is 1. The summed E-state index contributed by atoms with van der Waals surface area (Å²) < 4.78 is 11.5. The SMILES string of the molecule is CN=C(NCc1cc2c(cc1OC)CC(C)O2)N1CCC(CC(=O)NC)CC1. The zero-order chi connectivity index (χ0) is 20.1. The molecule has 2 aliphatic rings. The smallest absolute Gasteiger partial charge is 0.220 e. The van der Waals surface area contributed by atoms with Crippen molar-refractivity contribution < 1.29 is 14.3 Å². The molecule has 2 N–H and O–H groups in total. The lowest BCUT2D eigenvalue weighted by atomic mass is 9.93. The standard InChI is InChI=1S/C21H32N4O3/c1-14-9-16-11-18(27-4)17(12-19(16)28-14)13-24-21(23-3)25-7-5-15(6-8-25)10-20(26)22-2/h11-12,14-15H,5-10,13H2,1-4H3,(H,22,26)(H,23,24). The maximum absolute atomic E-state index is 11.6. The first-order valence-electron chi connectivity index (χ1n) is 10.1. The van der Waals surface area contributed by atoms with Gasteiger partial charge in [0.1, 0.15) is 17.6 Å². The van der Waals surface area contributed by atoms with E-state index in [1.54, 1.807) is 14.2 Å². The molecule has 0 spiro atoms. The monoisotopic (exact) mass is 388 g/mol. The number of piperidine rings is 1. The molecular formula is C21H32N4O3. The Morgan fingerprint density at radius 3 is 2.75 bits per heavy atom. The van der Waals surface area contributed by atoms with E-state index in [1.165, 1.54) is 5.56 Å². The summed E-state index contributed by atoms with van der Waals surface area (Å²) in [5.41, 5.74) is 2.27. The second kappa shape index (κ2) is 9.17. The van der Waals surface area contributed by atoms with Gasteiger partial charge in [-0.15, -0.1) is 0 Å². The van der Waals surface area contributed by atoms with Crippen LogP contribution in [0.25, 0.3) is 0 Å². The number of fused-ring (bicyclic) bond motifs is 1. The molecule has 1 amide bonds. The Morgan fingerprint density at radius 2 is 2.11 bits per heavy atom. The highest BCUT2D eigenvalue weighted by Gasteiger charge is 2.24. The highest BCUT2D eigenvalue weighted by Crippen LogP contribution is 2.35. The van der Waals surface area contributed by atoms with Crippen molar-refractivity contribution in [2.24, 2.45) is 10.9 Å². The van der Waals surface area contributed by atoms with Crippen molar-refractivity contribution in [3.05, 3.63) is 23.3 Å². The van der Waals surface area contributed by atoms with Gasteiger partial charge in [-0.1, -0.05) is 0 Å². The zero-order valence-corrected chi connectivity index (χ0v) is 17.4. The van der Waals surface area contributed by atoms with Crippen LogP contribution in [0.4, 0.5) is 0 Å². The molecule has 3 rings (SSSR count). The Balaban J connectivity index is 1.58. The van der Waals surface area contributed by atoms with Gasteiger partial charge in [-0.3, -0.25) is 9.79 Å². The summed E-state index contributed by atoms with van der Waals surface area (Å²) in [6.45, 7) is 4.52. The molecule has 0 saturated carbocycles. The Hall–Kier alpha value is -2.44. The van der Waals surface area contributed by atoms with Gasteiger partial charge in [-0.05, 0) is 37.8 Å².